The Kier molecular flexibility index (Phi) is 4.19. The molecule has 1 rings (SSSR count). The quantitative estimate of drug-likeness (QED) is 0.723. The number of methoxy groups -OCH3 is 1. The molecule has 0 saturated heterocycles. The third kappa shape index (κ3) is 2.88. The van der Waals surface area contributed by atoms with E-state index < -0.39 is 0 Å². The van der Waals surface area contributed by atoms with Crippen molar-refractivity contribution in [3.05, 3.63) is 17.8 Å². The summed E-state index contributed by atoms with van der Waals surface area (Å²) < 4.78 is 10.3. The lowest BCUT2D eigenvalue weighted by molar-refractivity contribution is 0.171. The minimum Gasteiger partial charge on any atom is -0.476 e. The van der Waals surface area contributed by atoms with Crippen molar-refractivity contribution < 1.29 is 9.47 Å². The number of nitrogens with two attached hydrogens (primary N) is 1. The van der Waals surface area contributed by atoms with Crippen LogP contribution in [-0.4, -0.2) is 25.3 Å². The van der Waals surface area contributed by atoms with Gasteiger partial charge in [0, 0.05) is 26.3 Å². The standard InChI is InChI=1S/C10H16N2O2/c1-8-4-5-12-10(9(8)11)14-7-3-6-13-2/h4-5H,3,6-7,11H2,1-2H3. The maximum atomic E-state index is 5.78. The molecule has 0 amide bonds. The van der Waals surface area contributed by atoms with E-state index in [9.17, 15) is 0 Å². The summed E-state index contributed by atoms with van der Waals surface area (Å²) in [5.74, 6) is 0.515. The van der Waals surface area contributed by atoms with Crippen molar-refractivity contribution in [3.63, 3.8) is 0 Å². The summed E-state index contributed by atoms with van der Waals surface area (Å²) in [5.41, 5.74) is 7.38. The molecule has 0 aliphatic rings. The van der Waals surface area contributed by atoms with Crippen LogP contribution < -0.4 is 10.5 Å². The van der Waals surface area contributed by atoms with Crippen molar-refractivity contribution in [2.24, 2.45) is 0 Å². The zero-order chi connectivity index (χ0) is 10.4. The van der Waals surface area contributed by atoms with Crippen molar-refractivity contribution in [2.75, 3.05) is 26.1 Å². The van der Waals surface area contributed by atoms with Gasteiger partial charge in [-0.15, -0.1) is 0 Å². The van der Waals surface area contributed by atoms with Gasteiger partial charge in [0.1, 0.15) is 0 Å². The van der Waals surface area contributed by atoms with Gasteiger partial charge in [0.15, 0.2) is 0 Å². The second-order valence-corrected chi connectivity index (χ2v) is 3.04. The molecule has 0 spiro atoms. The van der Waals surface area contributed by atoms with Crippen LogP contribution in [0.1, 0.15) is 12.0 Å². The molecule has 4 heteroatoms. The molecule has 0 unspecified atom stereocenters. The summed E-state index contributed by atoms with van der Waals surface area (Å²) in [4.78, 5) is 4.05. The van der Waals surface area contributed by atoms with Gasteiger partial charge in [0.25, 0.3) is 0 Å². The van der Waals surface area contributed by atoms with Gasteiger partial charge >= 0.3 is 0 Å². The molecule has 0 aromatic carbocycles. The predicted octanol–water partition coefficient (Wildman–Crippen LogP) is 1.39. The molecular weight excluding hydrogens is 180 g/mol. The number of aromatic nitrogens is 1. The molecule has 0 aliphatic heterocycles. The monoisotopic (exact) mass is 196 g/mol. The molecule has 0 radical (unpaired) electrons. The molecule has 78 valence electrons. The van der Waals surface area contributed by atoms with Gasteiger partial charge in [-0.1, -0.05) is 0 Å². The molecule has 0 atom stereocenters. The van der Waals surface area contributed by atoms with Crippen LogP contribution in [0.3, 0.4) is 0 Å². The van der Waals surface area contributed by atoms with Gasteiger partial charge in [-0.25, -0.2) is 4.98 Å². The van der Waals surface area contributed by atoms with Crippen LogP contribution in [0.4, 0.5) is 5.69 Å². The fraction of sp³-hybridized carbons (Fsp3) is 0.500. The lowest BCUT2D eigenvalue weighted by Gasteiger charge is -2.08. The first-order valence-corrected chi connectivity index (χ1v) is 4.58. The van der Waals surface area contributed by atoms with Crippen LogP contribution in [0.5, 0.6) is 5.88 Å². The van der Waals surface area contributed by atoms with Crippen LogP contribution in [0, 0.1) is 6.92 Å². The summed E-state index contributed by atoms with van der Waals surface area (Å²) in [6, 6.07) is 1.86. The Labute approximate surface area is 84.0 Å². The van der Waals surface area contributed by atoms with E-state index in [1.54, 1.807) is 13.3 Å². The molecule has 1 heterocycles. The molecule has 1 aromatic rings. The van der Waals surface area contributed by atoms with Gasteiger partial charge in [0.2, 0.25) is 5.88 Å². The second-order valence-electron chi connectivity index (χ2n) is 3.04. The van der Waals surface area contributed by atoms with Crippen molar-refractivity contribution >= 4 is 5.69 Å². The SMILES string of the molecule is COCCCOc1nccc(C)c1N. The second kappa shape index (κ2) is 5.44. The number of anilines is 1. The Morgan fingerprint density at radius 3 is 2.93 bits per heavy atom. The largest absolute Gasteiger partial charge is 0.476 e. The van der Waals surface area contributed by atoms with E-state index in [2.05, 4.69) is 4.98 Å². The van der Waals surface area contributed by atoms with Crippen molar-refractivity contribution in [2.45, 2.75) is 13.3 Å². The maximum Gasteiger partial charge on any atom is 0.237 e. The van der Waals surface area contributed by atoms with Gasteiger partial charge < -0.3 is 15.2 Å². The Morgan fingerprint density at radius 1 is 1.43 bits per heavy atom. The smallest absolute Gasteiger partial charge is 0.237 e. The number of pyridine rings is 1. The number of nitrogens with zero attached hydrogens (tertiary/aromatic N) is 1. The highest BCUT2D eigenvalue weighted by molar-refractivity contribution is 5.53. The number of rotatable bonds is 5. The fourth-order valence-corrected chi connectivity index (χ4v) is 1.03. The number of hydrogen-bond donors (Lipinski definition) is 1. The first-order valence-electron chi connectivity index (χ1n) is 4.58. The van der Waals surface area contributed by atoms with Crippen LogP contribution in [0.25, 0.3) is 0 Å². The van der Waals surface area contributed by atoms with E-state index in [0.29, 0.717) is 24.8 Å². The summed E-state index contributed by atoms with van der Waals surface area (Å²) in [7, 11) is 1.67. The Morgan fingerprint density at radius 2 is 2.21 bits per heavy atom. The normalized spacial score (nSPS) is 10.1. The minimum absolute atomic E-state index is 0.515. The van der Waals surface area contributed by atoms with Gasteiger partial charge in [-0.05, 0) is 18.6 Å². The van der Waals surface area contributed by atoms with E-state index in [0.717, 1.165) is 12.0 Å². The summed E-state index contributed by atoms with van der Waals surface area (Å²) >= 11 is 0. The highest BCUT2D eigenvalue weighted by Gasteiger charge is 2.03. The lowest BCUT2D eigenvalue weighted by atomic mass is 10.2. The first-order chi connectivity index (χ1) is 6.75. The maximum absolute atomic E-state index is 5.78. The Hall–Kier alpha value is -1.29. The number of hydrogen-bond acceptors (Lipinski definition) is 4. The molecule has 14 heavy (non-hydrogen) atoms. The molecule has 1 aromatic heterocycles. The molecule has 4 nitrogen and oxygen atoms in total. The van der Waals surface area contributed by atoms with Gasteiger partial charge in [0.05, 0.1) is 12.3 Å². The highest BCUT2D eigenvalue weighted by atomic mass is 16.5. The predicted molar refractivity (Wildman–Crippen MR) is 55.4 cm³/mol. The van der Waals surface area contributed by atoms with E-state index in [1.165, 1.54) is 0 Å². The third-order valence-corrected chi connectivity index (χ3v) is 1.90. The van der Waals surface area contributed by atoms with Gasteiger partial charge in [-0.2, -0.15) is 0 Å². The third-order valence-electron chi connectivity index (χ3n) is 1.90. The van der Waals surface area contributed by atoms with Gasteiger partial charge in [-0.3, -0.25) is 0 Å². The lowest BCUT2D eigenvalue weighted by Crippen LogP contribution is -2.05. The molecule has 0 saturated carbocycles. The average molecular weight is 196 g/mol. The first kappa shape index (κ1) is 10.8. The highest BCUT2D eigenvalue weighted by Crippen LogP contribution is 2.20. The Bertz CT molecular complexity index is 289. The van der Waals surface area contributed by atoms with E-state index in [-0.39, 0.29) is 0 Å². The minimum atomic E-state index is 0.515. The summed E-state index contributed by atoms with van der Waals surface area (Å²) in [6.45, 7) is 3.19. The number of ether oxygens (including phenoxy) is 2. The van der Waals surface area contributed by atoms with E-state index in [4.69, 9.17) is 15.2 Å². The Balaban J connectivity index is 2.46. The molecule has 0 bridgehead atoms. The molecule has 2 N–H and O–H groups in total. The van der Waals surface area contributed by atoms with Crippen LogP contribution in [-0.2, 0) is 4.74 Å². The fourth-order valence-electron chi connectivity index (χ4n) is 1.03. The number of aryl methyl sites for hydroxylation is 1. The van der Waals surface area contributed by atoms with Crippen LogP contribution in [0.15, 0.2) is 12.3 Å². The topological polar surface area (TPSA) is 57.4 Å². The van der Waals surface area contributed by atoms with Crippen molar-refractivity contribution in [3.8, 4) is 5.88 Å². The zero-order valence-corrected chi connectivity index (χ0v) is 8.62. The molecular formula is C10H16N2O2. The van der Waals surface area contributed by atoms with Crippen molar-refractivity contribution in [1.82, 2.24) is 4.98 Å². The average Bonchev–Trinajstić information content (AvgIpc) is 2.19. The molecule has 0 fully saturated rings. The van der Waals surface area contributed by atoms with Crippen molar-refractivity contribution in [1.29, 1.82) is 0 Å². The van der Waals surface area contributed by atoms with E-state index >= 15 is 0 Å². The summed E-state index contributed by atoms with van der Waals surface area (Å²) in [6.07, 6.45) is 2.53. The molecule has 0 aliphatic carbocycles. The zero-order valence-electron chi connectivity index (χ0n) is 8.62. The summed E-state index contributed by atoms with van der Waals surface area (Å²) in [5, 5.41) is 0. The van der Waals surface area contributed by atoms with Crippen LogP contribution in [0.2, 0.25) is 0 Å². The van der Waals surface area contributed by atoms with E-state index in [1.807, 2.05) is 13.0 Å². The number of nitrogen functional groups attached to an aromatic ring is 1. The van der Waals surface area contributed by atoms with Crippen LogP contribution >= 0.6 is 0 Å².